The lowest BCUT2D eigenvalue weighted by molar-refractivity contribution is -0.134. The number of rotatable bonds is 2. The molecule has 0 bridgehead atoms. The summed E-state index contributed by atoms with van der Waals surface area (Å²) < 4.78 is 0. The van der Waals surface area contributed by atoms with Gasteiger partial charge in [-0.05, 0) is 6.07 Å². The van der Waals surface area contributed by atoms with Gasteiger partial charge in [0.15, 0.2) is 0 Å². The van der Waals surface area contributed by atoms with Crippen LogP contribution in [0, 0.1) is 0 Å². The van der Waals surface area contributed by atoms with E-state index in [-0.39, 0.29) is 5.43 Å². The van der Waals surface area contributed by atoms with Crippen molar-refractivity contribution in [3.63, 3.8) is 0 Å². The lowest BCUT2D eigenvalue weighted by Gasteiger charge is -1.93. The normalized spacial score (nSPS) is 9.80. The van der Waals surface area contributed by atoms with Gasteiger partial charge in [-0.25, -0.2) is 9.59 Å². The fourth-order valence-corrected chi connectivity index (χ4v) is 1.19. The zero-order chi connectivity index (χ0) is 15.0. The van der Waals surface area contributed by atoms with Crippen LogP contribution in [-0.2, 0) is 9.59 Å². The zero-order valence-corrected chi connectivity index (χ0v) is 10.1. The first kappa shape index (κ1) is 15.0. The Kier molecular flexibility index (Phi) is 5.51. The van der Waals surface area contributed by atoms with Crippen LogP contribution in [0.4, 0.5) is 0 Å². The van der Waals surface area contributed by atoms with Gasteiger partial charge in [0.2, 0.25) is 5.43 Å². The summed E-state index contributed by atoms with van der Waals surface area (Å²) >= 11 is 0. The van der Waals surface area contributed by atoms with Crippen molar-refractivity contribution in [2.75, 3.05) is 0 Å². The smallest absolute Gasteiger partial charge is 0.328 e. The third-order valence-electron chi connectivity index (χ3n) is 1.97. The van der Waals surface area contributed by atoms with Gasteiger partial charge in [-0.3, -0.25) is 14.8 Å². The first-order valence-corrected chi connectivity index (χ1v) is 5.33. The average molecular weight is 274 g/mol. The Labute approximate surface area is 113 Å². The van der Waals surface area contributed by atoms with Crippen LogP contribution < -0.4 is 5.43 Å². The second kappa shape index (κ2) is 7.37. The van der Waals surface area contributed by atoms with Crippen LogP contribution in [0.15, 0.2) is 53.7 Å². The number of aliphatic carboxylic acids is 2. The van der Waals surface area contributed by atoms with Gasteiger partial charge in [0, 0.05) is 36.3 Å². The number of carbonyl (C=O) groups is 2. The maximum atomic E-state index is 11.2. The number of benzene rings is 1. The highest BCUT2D eigenvalue weighted by atomic mass is 16.4. The van der Waals surface area contributed by atoms with Crippen molar-refractivity contribution in [3.8, 4) is 11.3 Å². The summed E-state index contributed by atoms with van der Waals surface area (Å²) in [6, 6.07) is 5.01. The first-order valence-electron chi connectivity index (χ1n) is 5.33. The molecule has 1 heterocycles. The number of fused-ring (bicyclic) bond motifs is 1. The number of hydrogen-bond donors (Lipinski definition) is 2. The largest absolute Gasteiger partial charge is 0.478 e. The van der Waals surface area contributed by atoms with Crippen molar-refractivity contribution in [3.05, 3.63) is 59.2 Å². The van der Waals surface area contributed by atoms with Gasteiger partial charge in [-0.1, -0.05) is 12.1 Å². The van der Waals surface area contributed by atoms with E-state index >= 15 is 0 Å². The fraction of sp³-hybridized carbons (Fsp3) is 0. The minimum Gasteiger partial charge on any atom is -0.478 e. The Bertz CT molecular complexity index is 653. The molecule has 1 aliphatic carbocycles. The molecule has 0 aromatic carbocycles. The van der Waals surface area contributed by atoms with E-state index in [0.29, 0.717) is 17.8 Å². The van der Waals surface area contributed by atoms with E-state index in [9.17, 15) is 14.4 Å². The molecule has 7 nitrogen and oxygen atoms in total. The molecule has 1 aliphatic heterocycles. The van der Waals surface area contributed by atoms with Crippen LogP contribution in [0.2, 0.25) is 0 Å². The molecule has 0 unspecified atom stereocenters. The SMILES string of the molecule is O=C(O)/C=C/C(=O)O.O=c1cccc2cnccnc1-2. The molecule has 0 atom stereocenters. The Hall–Kier alpha value is -3.09. The van der Waals surface area contributed by atoms with Crippen LogP contribution in [0.1, 0.15) is 0 Å². The predicted octanol–water partition coefficient (Wildman–Crippen LogP) is 0.653. The molecule has 2 rings (SSSR count). The molecule has 0 aromatic rings. The molecule has 0 aromatic heterocycles. The molecule has 7 heteroatoms. The molecule has 2 aliphatic rings. The van der Waals surface area contributed by atoms with E-state index in [4.69, 9.17) is 10.2 Å². The van der Waals surface area contributed by atoms with Crippen LogP contribution >= 0.6 is 0 Å². The summed E-state index contributed by atoms with van der Waals surface area (Å²) in [7, 11) is 0. The standard InChI is InChI=1S/C9H6N2O.C4H4O4/c12-8-3-1-2-7-6-10-4-5-11-9(7)8;5-3(6)1-2-4(7)8/h1-6H;1-2H,(H,5,6)(H,7,8)/b;2-1+. The van der Waals surface area contributed by atoms with Gasteiger partial charge in [0.1, 0.15) is 5.69 Å². The quantitative estimate of drug-likeness (QED) is 0.772. The molecular formula is C13H10N2O5. The molecule has 2 N–H and O–H groups in total. The van der Waals surface area contributed by atoms with Crippen LogP contribution in [-0.4, -0.2) is 32.1 Å². The van der Waals surface area contributed by atoms with Gasteiger partial charge in [-0.15, -0.1) is 0 Å². The topological polar surface area (TPSA) is 117 Å². The first-order chi connectivity index (χ1) is 9.50. The third-order valence-corrected chi connectivity index (χ3v) is 1.97. The van der Waals surface area contributed by atoms with Gasteiger partial charge < -0.3 is 10.2 Å². The van der Waals surface area contributed by atoms with E-state index < -0.39 is 11.9 Å². The molecule has 0 spiro atoms. The predicted molar refractivity (Wildman–Crippen MR) is 69.3 cm³/mol. The molecule has 20 heavy (non-hydrogen) atoms. The van der Waals surface area contributed by atoms with E-state index in [1.165, 1.54) is 12.3 Å². The zero-order valence-electron chi connectivity index (χ0n) is 10.1. The molecule has 0 amide bonds. The summed E-state index contributed by atoms with van der Waals surface area (Å²) in [5, 5.41) is 15.6. The molecular weight excluding hydrogens is 264 g/mol. The van der Waals surface area contributed by atoms with Crippen molar-refractivity contribution in [1.82, 2.24) is 9.97 Å². The van der Waals surface area contributed by atoms with E-state index in [0.717, 1.165) is 5.56 Å². The average Bonchev–Trinajstić information content (AvgIpc) is 2.63. The maximum Gasteiger partial charge on any atom is 0.328 e. The minimum absolute atomic E-state index is 0.0644. The Morgan fingerprint density at radius 3 is 2.30 bits per heavy atom. The van der Waals surface area contributed by atoms with Crippen molar-refractivity contribution in [2.24, 2.45) is 0 Å². The summed E-state index contributed by atoms with van der Waals surface area (Å²) in [6.07, 6.45) is 5.82. The lowest BCUT2D eigenvalue weighted by atomic mass is 10.2. The van der Waals surface area contributed by atoms with Crippen molar-refractivity contribution in [2.45, 2.75) is 0 Å². The second-order valence-corrected chi connectivity index (χ2v) is 3.41. The van der Waals surface area contributed by atoms with E-state index in [1.807, 2.05) is 6.07 Å². The molecule has 0 radical (unpaired) electrons. The summed E-state index contributed by atoms with van der Waals surface area (Å²) in [5.41, 5.74) is 1.17. The van der Waals surface area contributed by atoms with Gasteiger partial charge in [0.25, 0.3) is 0 Å². The number of carboxylic acids is 2. The molecule has 0 fully saturated rings. The maximum absolute atomic E-state index is 11.2. The Morgan fingerprint density at radius 2 is 1.70 bits per heavy atom. The Morgan fingerprint density at radius 1 is 1.05 bits per heavy atom. The molecule has 0 saturated heterocycles. The highest BCUT2D eigenvalue weighted by Crippen LogP contribution is 2.09. The number of carboxylic acid groups (broad SMARTS) is 2. The van der Waals surface area contributed by atoms with Crippen LogP contribution in [0.5, 0.6) is 0 Å². The van der Waals surface area contributed by atoms with E-state index in [1.54, 1.807) is 18.5 Å². The third kappa shape index (κ3) is 5.05. The summed E-state index contributed by atoms with van der Waals surface area (Å²) in [5.74, 6) is -2.51. The second-order valence-electron chi connectivity index (χ2n) is 3.41. The van der Waals surface area contributed by atoms with Gasteiger partial charge in [0.05, 0.1) is 0 Å². The van der Waals surface area contributed by atoms with Crippen molar-refractivity contribution < 1.29 is 19.8 Å². The molecule has 102 valence electrons. The monoisotopic (exact) mass is 274 g/mol. The minimum atomic E-state index is -1.26. The fourth-order valence-electron chi connectivity index (χ4n) is 1.19. The summed E-state index contributed by atoms with van der Waals surface area (Å²) in [4.78, 5) is 38.2. The summed E-state index contributed by atoms with van der Waals surface area (Å²) in [6.45, 7) is 0. The number of aromatic nitrogens is 2. The van der Waals surface area contributed by atoms with Crippen LogP contribution in [0.25, 0.3) is 11.3 Å². The highest BCUT2D eigenvalue weighted by Gasteiger charge is 2.02. The van der Waals surface area contributed by atoms with E-state index in [2.05, 4.69) is 9.97 Å². The highest BCUT2D eigenvalue weighted by molar-refractivity contribution is 5.89. The van der Waals surface area contributed by atoms with Gasteiger partial charge in [-0.2, -0.15) is 0 Å². The number of para-hydroxylation sites is 1. The number of hydrogen-bond acceptors (Lipinski definition) is 5. The van der Waals surface area contributed by atoms with Crippen molar-refractivity contribution in [1.29, 1.82) is 0 Å². The van der Waals surface area contributed by atoms with Crippen molar-refractivity contribution >= 4 is 11.9 Å². The number of nitrogens with zero attached hydrogens (tertiary/aromatic N) is 2. The lowest BCUT2D eigenvalue weighted by Crippen LogP contribution is -2.03. The molecule has 0 saturated carbocycles. The van der Waals surface area contributed by atoms with Crippen LogP contribution in [0.3, 0.4) is 0 Å². The Balaban J connectivity index is 0.000000221. The van der Waals surface area contributed by atoms with Gasteiger partial charge >= 0.3 is 11.9 Å².